The average Bonchev–Trinajstić information content (AvgIpc) is 3.17. The zero-order valence-corrected chi connectivity index (χ0v) is 20.0. The van der Waals surface area contributed by atoms with Crippen LogP contribution in [-0.2, 0) is 10.0 Å². The lowest BCUT2D eigenvalue weighted by atomic mass is 10.0. The number of amides is 2. The van der Waals surface area contributed by atoms with E-state index in [1.807, 2.05) is 42.6 Å². The van der Waals surface area contributed by atoms with Crippen molar-refractivity contribution in [2.45, 2.75) is 38.6 Å². The molecule has 0 bridgehead atoms. The van der Waals surface area contributed by atoms with Crippen LogP contribution in [0, 0.1) is 5.92 Å². The minimum atomic E-state index is -3.69. The predicted molar refractivity (Wildman–Crippen MR) is 124 cm³/mol. The largest absolute Gasteiger partial charge is 0.328 e. The van der Waals surface area contributed by atoms with Crippen LogP contribution in [0.4, 0.5) is 10.5 Å². The first kappa shape index (κ1) is 24.0. The van der Waals surface area contributed by atoms with Gasteiger partial charge in [0.2, 0.25) is 10.0 Å². The third kappa shape index (κ3) is 4.87. The van der Waals surface area contributed by atoms with E-state index in [0.717, 1.165) is 0 Å². The second kappa shape index (κ2) is 9.85. The van der Waals surface area contributed by atoms with Gasteiger partial charge in [0.05, 0.1) is 21.6 Å². The Morgan fingerprint density at radius 1 is 1.16 bits per heavy atom. The number of nitrogens with zero attached hydrogens (tertiary/aromatic N) is 4. The Balaban J connectivity index is 1.85. The molecule has 0 fully saturated rings. The molecule has 0 saturated heterocycles. The van der Waals surface area contributed by atoms with Crippen LogP contribution in [0.3, 0.4) is 0 Å². The second-order valence-corrected chi connectivity index (χ2v) is 9.88. The van der Waals surface area contributed by atoms with Gasteiger partial charge in [-0.3, -0.25) is 4.40 Å². The van der Waals surface area contributed by atoms with E-state index in [2.05, 4.69) is 20.8 Å². The summed E-state index contributed by atoms with van der Waals surface area (Å²) in [5.41, 5.74) is 0.874. The number of pyridine rings is 1. The molecule has 3 aromatic rings. The number of nitrogens with one attached hydrogen (secondary N) is 2. The number of halogens is 1. The summed E-state index contributed by atoms with van der Waals surface area (Å²) in [6, 6.07) is 8.84. The van der Waals surface area contributed by atoms with Crippen LogP contribution in [0.25, 0.3) is 5.65 Å². The molecule has 0 spiro atoms. The Bertz CT molecular complexity index is 1210. The number of hydrogen-bond donors (Lipinski definition) is 2. The number of anilines is 1. The van der Waals surface area contributed by atoms with E-state index < -0.39 is 22.1 Å². The van der Waals surface area contributed by atoms with E-state index in [9.17, 15) is 13.2 Å². The fourth-order valence-electron chi connectivity index (χ4n) is 3.37. The van der Waals surface area contributed by atoms with Gasteiger partial charge in [0.1, 0.15) is 0 Å². The molecule has 1 aromatic carbocycles. The van der Waals surface area contributed by atoms with Gasteiger partial charge in [0, 0.05) is 19.3 Å². The Hall–Kier alpha value is -2.69. The highest BCUT2D eigenvalue weighted by atomic mass is 35.5. The molecule has 2 aromatic heterocycles. The normalized spacial score (nSPS) is 13.0. The SMILES string of the molecule is CCN(CC)S(=O)(=O)c1ccc(Cl)c(NC(=O)NC(c2nnc3ccccn23)C(C)C)c1. The van der Waals surface area contributed by atoms with Crippen molar-refractivity contribution in [3.63, 3.8) is 0 Å². The summed E-state index contributed by atoms with van der Waals surface area (Å²) in [6.07, 6.45) is 1.83. The van der Waals surface area contributed by atoms with Crippen molar-refractivity contribution in [2.24, 2.45) is 5.92 Å². The number of carbonyl (C=O) groups is 1. The fourth-order valence-corrected chi connectivity index (χ4v) is 5.02. The molecule has 0 saturated carbocycles. The third-order valence-electron chi connectivity index (χ3n) is 5.10. The van der Waals surface area contributed by atoms with Gasteiger partial charge in [-0.25, -0.2) is 13.2 Å². The monoisotopic (exact) mass is 478 g/mol. The third-order valence-corrected chi connectivity index (χ3v) is 7.48. The highest BCUT2D eigenvalue weighted by Crippen LogP contribution is 2.27. The minimum Gasteiger partial charge on any atom is -0.328 e. The molecule has 172 valence electrons. The van der Waals surface area contributed by atoms with Crippen LogP contribution >= 0.6 is 11.6 Å². The summed E-state index contributed by atoms with van der Waals surface area (Å²) < 4.78 is 28.8. The van der Waals surface area contributed by atoms with Gasteiger partial charge in [0.25, 0.3) is 0 Å². The summed E-state index contributed by atoms with van der Waals surface area (Å²) in [7, 11) is -3.69. The van der Waals surface area contributed by atoms with Crippen LogP contribution in [0.2, 0.25) is 5.02 Å². The summed E-state index contributed by atoms with van der Waals surface area (Å²) in [4.78, 5) is 12.9. The van der Waals surface area contributed by atoms with E-state index in [0.29, 0.717) is 24.6 Å². The minimum absolute atomic E-state index is 0.0122. The molecule has 1 atom stereocenters. The van der Waals surface area contributed by atoms with Gasteiger partial charge in [-0.1, -0.05) is 45.4 Å². The fraction of sp³-hybridized carbons (Fsp3) is 0.381. The van der Waals surface area contributed by atoms with Crippen molar-refractivity contribution >= 4 is 39.0 Å². The van der Waals surface area contributed by atoms with E-state index in [1.54, 1.807) is 13.8 Å². The topological polar surface area (TPSA) is 109 Å². The van der Waals surface area contributed by atoms with Crippen molar-refractivity contribution in [2.75, 3.05) is 18.4 Å². The first-order valence-corrected chi connectivity index (χ1v) is 12.2. The maximum atomic E-state index is 12.8. The van der Waals surface area contributed by atoms with Crippen LogP contribution in [0.5, 0.6) is 0 Å². The first-order chi connectivity index (χ1) is 15.2. The van der Waals surface area contributed by atoms with Crippen molar-refractivity contribution in [3.8, 4) is 0 Å². The van der Waals surface area contributed by atoms with Gasteiger partial charge >= 0.3 is 6.03 Å². The van der Waals surface area contributed by atoms with Gasteiger partial charge in [-0.15, -0.1) is 10.2 Å². The van der Waals surface area contributed by atoms with Crippen LogP contribution in [-0.4, -0.2) is 46.4 Å². The van der Waals surface area contributed by atoms with Crippen molar-refractivity contribution in [3.05, 3.63) is 53.4 Å². The molecule has 32 heavy (non-hydrogen) atoms. The molecular weight excluding hydrogens is 452 g/mol. The number of hydrogen-bond acceptors (Lipinski definition) is 5. The van der Waals surface area contributed by atoms with Gasteiger partial charge < -0.3 is 10.6 Å². The zero-order valence-electron chi connectivity index (χ0n) is 18.4. The second-order valence-electron chi connectivity index (χ2n) is 7.54. The number of urea groups is 1. The van der Waals surface area contributed by atoms with E-state index in [-0.39, 0.29) is 21.5 Å². The molecule has 1 unspecified atom stereocenters. The number of carbonyl (C=O) groups excluding carboxylic acids is 1. The Kier molecular flexibility index (Phi) is 7.37. The lowest BCUT2D eigenvalue weighted by Crippen LogP contribution is -2.36. The van der Waals surface area contributed by atoms with Crippen LogP contribution in [0.1, 0.15) is 39.6 Å². The predicted octanol–water partition coefficient (Wildman–Crippen LogP) is 3.93. The van der Waals surface area contributed by atoms with Crippen molar-refractivity contribution < 1.29 is 13.2 Å². The number of benzene rings is 1. The number of rotatable bonds is 8. The smallest absolute Gasteiger partial charge is 0.319 e. The number of sulfonamides is 1. The van der Waals surface area contributed by atoms with Crippen LogP contribution < -0.4 is 10.6 Å². The Morgan fingerprint density at radius 2 is 1.88 bits per heavy atom. The molecule has 3 rings (SSSR count). The van der Waals surface area contributed by atoms with E-state index >= 15 is 0 Å². The highest BCUT2D eigenvalue weighted by Gasteiger charge is 2.25. The summed E-state index contributed by atoms with van der Waals surface area (Å²) in [6.45, 7) is 8.13. The number of fused-ring (bicyclic) bond motifs is 1. The van der Waals surface area contributed by atoms with E-state index in [1.165, 1.54) is 22.5 Å². The lowest BCUT2D eigenvalue weighted by molar-refractivity contribution is 0.243. The molecule has 0 aliphatic heterocycles. The molecule has 9 nitrogen and oxygen atoms in total. The van der Waals surface area contributed by atoms with Gasteiger partial charge in [0.15, 0.2) is 11.5 Å². The molecule has 2 heterocycles. The van der Waals surface area contributed by atoms with Gasteiger partial charge in [-0.05, 0) is 36.2 Å². The standard InChI is InChI=1S/C21H27ClN6O3S/c1-5-27(6-2)32(30,31)15-10-11-16(22)17(13-15)23-21(29)24-19(14(3)4)20-26-25-18-9-7-8-12-28(18)20/h7-14,19H,5-6H2,1-4H3,(H2,23,24,29). The molecule has 2 N–H and O–H groups in total. The zero-order chi connectivity index (χ0) is 23.5. The van der Waals surface area contributed by atoms with Crippen LogP contribution in [0.15, 0.2) is 47.5 Å². The molecule has 2 amide bonds. The Labute approximate surface area is 192 Å². The molecule has 0 radical (unpaired) electrons. The van der Waals surface area contributed by atoms with E-state index in [4.69, 9.17) is 11.6 Å². The van der Waals surface area contributed by atoms with Gasteiger partial charge in [-0.2, -0.15) is 4.31 Å². The van der Waals surface area contributed by atoms with Crippen molar-refractivity contribution in [1.29, 1.82) is 0 Å². The maximum absolute atomic E-state index is 12.8. The molecule has 0 aliphatic carbocycles. The first-order valence-electron chi connectivity index (χ1n) is 10.4. The summed E-state index contributed by atoms with van der Waals surface area (Å²) in [5, 5.41) is 14.2. The quantitative estimate of drug-likeness (QED) is 0.509. The molecule has 0 aliphatic rings. The lowest BCUT2D eigenvalue weighted by Gasteiger charge is -2.22. The average molecular weight is 479 g/mol. The Morgan fingerprint density at radius 3 is 2.53 bits per heavy atom. The van der Waals surface area contributed by atoms with Crippen molar-refractivity contribution in [1.82, 2.24) is 24.2 Å². The highest BCUT2D eigenvalue weighted by molar-refractivity contribution is 7.89. The summed E-state index contributed by atoms with van der Waals surface area (Å²) in [5.74, 6) is 0.605. The molecule has 11 heteroatoms. The number of aromatic nitrogens is 3. The molecular formula is C21H27ClN6O3S. The maximum Gasteiger partial charge on any atom is 0.319 e. The summed E-state index contributed by atoms with van der Waals surface area (Å²) >= 11 is 6.24.